The minimum Gasteiger partial charge on any atom is -0.456 e. The number of hydrogen-bond acceptors (Lipinski definition) is 4. The predicted molar refractivity (Wildman–Crippen MR) is 61.1 cm³/mol. The highest BCUT2D eigenvalue weighted by atomic mass is 32.1. The Bertz CT molecular complexity index is 365. The third-order valence-electron chi connectivity index (χ3n) is 1.61. The highest BCUT2D eigenvalue weighted by Gasteiger charge is 2.17. The molecule has 0 aliphatic carbocycles. The fraction of sp³-hybridized carbons (Fsp3) is 0.364. The second-order valence-electron chi connectivity index (χ2n) is 4.14. The van der Waals surface area contributed by atoms with Gasteiger partial charge >= 0.3 is 5.97 Å². The van der Waals surface area contributed by atoms with Crippen molar-refractivity contribution >= 4 is 24.1 Å². The van der Waals surface area contributed by atoms with E-state index in [1.807, 2.05) is 20.8 Å². The highest BCUT2D eigenvalue weighted by Crippen LogP contribution is 2.15. The van der Waals surface area contributed by atoms with Gasteiger partial charge in [-0.25, -0.2) is 4.79 Å². The highest BCUT2D eigenvalue weighted by molar-refractivity contribution is 7.47. The lowest BCUT2D eigenvalue weighted by Crippen LogP contribution is -2.23. The lowest BCUT2D eigenvalue weighted by Gasteiger charge is -2.19. The van der Waals surface area contributed by atoms with E-state index in [2.05, 4.69) is 16.8 Å². The predicted octanol–water partition coefficient (Wildman–Crippen LogP) is 3.00. The molecule has 1 aromatic rings. The number of benzene rings is 1. The number of nitrogens with zero attached hydrogens (tertiary/aromatic N) is 1. The summed E-state index contributed by atoms with van der Waals surface area (Å²) in [7, 11) is 0. The molecule has 80 valence electrons. The van der Waals surface area contributed by atoms with E-state index in [1.165, 1.54) is 0 Å². The van der Waals surface area contributed by atoms with Crippen LogP contribution in [0.1, 0.15) is 31.1 Å². The molecule has 0 bridgehead atoms. The Balaban J connectivity index is 2.79. The van der Waals surface area contributed by atoms with Crippen LogP contribution in [0, 0.1) is 0 Å². The molecule has 4 heteroatoms. The zero-order valence-electron chi connectivity index (χ0n) is 8.98. The molecule has 1 rings (SSSR count). The molecule has 0 heterocycles. The fourth-order valence-corrected chi connectivity index (χ4v) is 1.12. The summed E-state index contributed by atoms with van der Waals surface area (Å²) in [5.41, 5.74) is 0.697. The van der Waals surface area contributed by atoms with Crippen molar-refractivity contribution in [3.63, 3.8) is 0 Å². The Morgan fingerprint density at radius 1 is 1.27 bits per heavy atom. The molecule has 0 unspecified atom stereocenters. The van der Waals surface area contributed by atoms with E-state index in [-0.39, 0.29) is 5.97 Å². The quantitative estimate of drug-likeness (QED) is 0.723. The maximum Gasteiger partial charge on any atom is 0.338 e. The van der Waals surface area contributed by atoms with Crippen LogP contribution in [0.25, 0.3) is 0 Å². The second-order valence-corrected chi connectivity index (χ2v) is 4.32. The normalized spacial score (nSPS) is 10.9. The Morgan fingerprint density at radius 3 is 2.20 bits per heavy atom. The van der Waals surface area contributed by atoms with Gasteiger partial charge in [0.1, 0.15) is 5.60 Å². The largest absolute Gasteiger partial charge is 0.456 e. The van der Waals surface area contributed by atoms with Crippen molar-refractivity contribution in [2.45, 2.75) is 26.4 Å². The summed E-state index contributed by atoms with van der Waals surface area (Å²) in [6.07, 6.45) is 0. The fourth-order valence-electron chi connectivity index (χ4n) is 0.995. The number of rotatable bonds is 2. The zero-order chi connectivity index (χ0) is 11.5. The van der Waals surface area contributed by atoms with Gasteiger partial charge in [0, 0.05) is 12.4 Å². The molecule has 0 N–H and O–H groups in total. The van der Waals surface area contributed by atoms with Gasteiger partial charge in [-0.3, -0.25) is 0 Å². The topological polar surface area (TPSA) is 38.7 Å². The smallest absolute Gasteiger partial charge is 0.338 e. The molecule has 0 spiro atoms. The molecule has 0 atom stereocenters. The van der Waals surface area contributed by atoms with Crippen molar-refractivity contribution < 1.29 is 9.53 Å². The van der Waals surface area contributed by atoms with Gasteiger partial charge in [0.05, 0.1) is 11.3 Å². The van der Waals surface area contributed by atoms with Gasteiger partial charge in [0.25, 0.3) is 0 Å². The van der Waals surface area contributed by atoms with Gasteiger partial charge in [0.2, 0.25) is 0 Å². The zero-order valence-corrected chi connectivity index (χ0v) is 9.80. The van der Waals surface area contributed by atoms with Crippen molar-refractivity contribution in [1.29, 1.82) is 0 Å². The first-order valence-corrected chi connectivity index (χ1v) is 4.96. The Kier molecular flexibility index (Phi) is 3.52. The van der Waals surface area contributed by atoms with Crippen LogP contribution < -0.4 is 0 Å². The first-order chi connectivity index (χ1) is 6.92. The number of esters is 1. The van der Waals surface area contributed by atoms with E-state index in [4.69, 9.17) is 4.74 Å². The first-order valence-electron chi connectivity index (χ1n) is 4.59. The molecule has 0 fully saturated rings. The van der Waals surface area contributed by atoms with Crippen LogP contribution in [0.15, 0.2) is 28.6 Å². The molecule has 0 saturated carbocycles. The van der Waals surface area contributed by atoms with E-state index in [0.717, 1.165) is 0 Å². The van der Waals surface area contributed by atoms with Gasteiger partial charge in [0.15, 0.2) is 0 Å². The summed E-state index contributed by atoms with van der Waals surface area (Å²) >= 11 is 4.52. The van der Waals surface area contributed by atoms with Gasteiger partial charge in [-0.2, -0.15) is 4.36 Å². The minimum absolute atomic E-state index is 0.335. The lowest BCUT2D eigenvalue weighted by atomic mass is 10.1. The molecule has 0 amide bonds. The standard InChI is InChI=1S/C11H13NO2S/c1-11(2,3)14-10(13)8-4-6-9(12-15)7-5-8/h4-7H,1-3H3. The van der Waals surface area contributed by atoms with Crippen LogP contribution in [-0.2, 0) is 17.2 Å². The number of hydrogen-bond donors (Lipinski definition) is 0. The van der Waals surface area contributed by atoms with Gasteiger partial charge in [-0.05, 0) is 45.0 Å². The van der Waals surface area contributed by atoms with E-state index in [0.29, 0.717) is 11.3 Å². The molecule has 15 heavy (non-hydrogen) atoms. The maximum absolute atomic E-state index is 11.6. The molecule has 0 aliphatic rings. The summed E-state index contributed by atoms with van der Waals surface area (Å²) in [5, 5.41) is 0. The molecule has 1 aromatic carbocycles. The van der Waals surface area contributed by atoms with E-state index < -0.39 is 5.60 Å². The molecule has 0 aromatic heterocycles. The molecule has 0 saturated heterocycles. The van der Waals surface area contributed by atoms with Crippen molar-refractivity contribution in [3.8, 4) is 0 Å². The monoisotopic (exact) mass is 223 g/mol. The number of ether oxygens (including phenoxy) is 1. The van der Waals surface area contributed by atoms with Crippen molar-refractivity contribution in [3.05, 3.63) is 29.8 Å². The third kappa shape index (κ3) is 3.75. The summed E-state index contributed by atoms with van der Waals surface area (Å²) < 4.78 is 8.78. The minimum atomic E-state index is -0.474. The first kappa shape index (κ1) is 11.8. The molecule has 0 aliphatic heterocycles. The second kappa shape index (κ2) is 4.49. The van der Waals surface area contributed by atoms with Gasteiger partial charge < -0.3 is 4.74 Å². The van der Waals surface area contributed by atoms with Crippen LogP contribution in [0.5, 0.6) is 0 Å². The average Bonchev–Trinajstić information content (AvgIpc) is 2.15. The van der Waals surface area contributed by atoms with E-state index in [9.17, 15) is 4.79 Å². The summed E-state index contributed by atoms with van der Waals surface area (Å²) in [5.74, 6) is -0.335. The van der Waals surface area contributed by atoms with Crippen LogP contribution in [0.4, 0.5) is 5.69 Å². The molecule has 0 radical (unpaired) electrons. The van der Waals surface area contributed by atoms with Gasteiger partial charge in [-0.1, -0.05) is 0 Å². The van der Waals surface area contributed by atoms with Crippen LogP contribution in [0.2, 0.25) is 0 Å². The van der Waals surface area contributed by atoms with Crippen LogP contribution >= 0.6 is 0 Å². The number of carbonyl (C=O) groups excluding carboxylic acids is 1. The van der Waals surface area contributed by atoms with E-state index in [1.54, 1.807) is 24.3 Å². The number of carbonyl (C=O) groups is 1. The summed E-state index contributed by atoms with van der Waals surface area (Å²) in [6.45, 7) is 5.49. The molecular weight excluding hydrogens is 210 g/mol. The van der Waals surface area contributed by atoms with Crippen molar-refractivity contribution in [1.82, 2.24) is 0 Å². The maximum atomic E-state index is 11.6. The Morgan fingerprint density at radius 2 is 1.80 bits per heavy atom. The van der Waals surface area contributed by atoms with Gasteiger partial charge in [-0.15, -0.1) is 0 Å². The van der Waals surface area contributed by atoms with Crippen molar-refractivity contribution in [2.24, 2.45) is 4.36 Å². The summed E-state index contributed by atoms with van der Waals surface area (Å²) in [4.78, 5) is 11.6. The van der Waals surface area contributed by atoms with Crippen molar-refractivity contribution in [2.75, 3.05) is 0 Å². The Labute approximate surface area is 94.6 Å². The molecular formula is C11H13NO2S. The average molecular weight is 223 g/mol. The summed E-state index contributed by atoms with van der Waals surface area (Å²) in [6, 6.07) is 6.68. The molecule has 3 nitrogen and oxygen atoms in total. The van der Waals surface area contributed by atoms with Crippen LogP contribution in [0.3, 0.4) is 0 Å². The van der Waals surface area contributed by atoms with Crippen LogP contribution in [-0.4, -0.2) is 11.6 Å². The Hall–Kier alpha value is -1.29. The van der Waals surface area contributed by atoms with E-state index >= 15 is 0 Å². The third-order valence-corrected chi connectivity index (χ3v) is 1.82. The lowest BCUT2D eigenvalue weighted by molar-refractivity contribution is 0.00696. The SMILES string of the molecule is CC(C)(C)OC(=O)c1ccc(N=S)cc1.